The summed E-state index contributed by atoms with van der Waals surface area (Å²) in [5.74, 6) is 4.97. The fourth-order valence-corrected chi connectivity index (χ4v) is 9.61. The Bertz CT molecular complexity index is 803. The van der Waals surface area contributed by atoms with Crippen LogP contribution in [0.5, 0.6) is 0 Å². The van der Waals surface area contributed by atoms with E-state index in [4.69, 9.17) is 4.74 Å². The first-order chi connectivity index (χ1) is 14.8. The lowest BCUT2D eigenvalue weighted by Crippen LogP contribution is -2.48. The molecule has 0 aromatic heterocycles. The Hall–Kier alpha value is -0.670. The lowest BCUT2D eigenvalue weighted by atomic mass is 9.52. The third-order valence-corrected chi connectivity index (χ3v) is 11.4. The standard InChI is InChI=1S/C28H43NO2.CH4/c1-16-11-25-26(29-15-16)18(3)28(31-25)10-8-21-22-6-5-19-12-20(30)7-9-27(19,4)24(22)13-23(21)17(2)14-28;/h16,18-19,21-22,24-26,29H,5-15H2,1-4H3;1H4/t16-,18+,19+,21-,22-,24-,25+,26-,27-,28-;/m0./s1. The molecule has 6 aliphatic rings. The average Bonchev–Trinajstić information content (AvgIpc) is 3.19. The predicted molar refractivity (Wildman–Crippen MR) is 130 cm³/mol. The van der Waals surface area contributed by atoms with Crippen molar-refractivity contribution in [3.8, 4) is 0 Å². The summed E-state index contributed by atoms with van der Waals surface area (Å²) in [5.41, 5.74) is 3.95. The zero-order chi connectivity index (χ0) is 21.5. The van der Waals surface area contributed by atoms with Crippen molar-refractivity contribution < 1.29 is 9.53 Å². The van der Waals surface area contributed by atoms with Crippen LogP contribution in [0.25, 0.3) is 0 Å². The number of allylic oxidation sites excluding steroid dienone is 1. The van der Waals surface area contributed by atoms with Gasteiger partial charge in [-0.3, -0.25) is 4.79 Å². The molecule has 5 fully saturated rings. The fourth-order valence-electron chi connectivity index (χ4n) is 9.61. The number of ether oxygens (including phenoxy) is 1. The second kappa shape index (κ2) is 7.94. The molecule has 2 heterocycles. The molecule has 0 bridgehead atoms. The van der Waals surface area contributed by atoms with Crippen LogP contribution in [0.2, 0.25) is 0 Å². The molecule has 32 heavy (non-hydrogen) atoms. The van der Waals surface area contributed by atoms with Crippen molar-refractivity contribution in [1.82, 2.24) is 5.32 Å². The van der Waals surface area contributed by atoms with Gasteiger partial charge in [0.1, 0.15) is 5.78 Å². The third-order valence-electron chi connectivity index (χ3n) is 11.4. The highest BCUT2D eigenvalue weighted by Gasteiger charge is 2.59. The molecule has 0 aromatic rings. The van der Waals surface area contributed by atoms with Crippen LogP contribution in [0.3, 0.4) is 0 Å². The van der Waals surface area contributed by atoms with Crippen LogP contribution in [0.15, 0.2) is 11.1 Å². The maximum absolute atomic E-state index is 12.2. The number of Topliss-reactive ketones (excluding diaryl/α,β-unsaturated/α-hetero) is 1. The summed E-state index contributed by atoms with van der Waals surface area (Å²) in [6.07, 6.45) is 12.2. The maximum Gasteiger partial charge on any atom is 0.133 e. The second-order valence-electron chi connectivity index (χ2n) is 12.9. The van der Waals surface area contributed by atoms with Gasteiger partial charge in [-0.1, -0.05) is 39.3 Å². The molecular formula is C29H47NO2. The summed E-state index contributed by atoms with van der Waals surface area (Å²) >= 11 is 0. The number of carbonyl (C=O) groups excluding carboxylic acids is 1. The van der Waals surface area contributed by atoms with Crippen molar-refractivity contribution in [1.29, 1.82) is 0 Å². The molecule has 180 valence electrons. The molecule has 10 atom stereocenters. The van der Waals surface area contributed by atoms with E-state index in [-0.39, 0.29) is 13.0 Å². The predicted octanol–water partition coefficient (Wildman–Crippen LogP) is 6.32. The zero-order valence-electron chi connectivity index (χ0n) is 20.2. The van der Waals surface area contributed by atoms with Gasteiger partial charge in [0.05, 0.1) is 11.7 Å². The third kappa shape index (κ3) is 3.23. The van der Waals surface area contributed by atoms with Crippen molar-refractivity contribution in [2.24, 2.45) is 40.9 Å². The summed E-state index contributed by atoms with van der Waals surface area (Å²) in [6, 6.07) is 0.550. The van der Waals surface area contributed by atoms with Crippen molar-refractivity contribution in [3.63, 3.8) is 0 Å². The highest BCUT2D eigenvalue weighted by atomic mass is 16.5. The van der Waals surface area contributed by atoms with E-state index >= 15 is 0 Å². The highest BCUT2D eigenvalue weighted by molar-refractivity contribution is 5.79. The Kier molecular flexibility index (Phi) is 5.73. The van der Waals surface area contributed by atoms with Crippen molar-refractivity contribution >= 4 is 5.78 Å². The Morgan fingerprint density at radius 3 is 2.72 bits per heavy atom. The van der Waals surface area contributed by atoms with E-state index < -0.39 is 0 Å². The molecule has 3 heteroatoms. The monoisotopic (exact) mass is 441 g/mol. The topological polar surface area (TPSA) is 38.3 Å². The molecule has 1 spiro atoms. The van der Waals surface area contributed by atoms with Crippen LogP contribution in [-0.2, 0) is 9.53 Å². The first-order valence-electron chi connectivity index (χ1n) is 13.4. The van der Waals surface area contributed by atoms with Gasteiger partial charge in [0.25, 0.3) is 0 Å². The quantitative estimate of drug-likeness (QED) is 0.447. The molecule has 0 aromatic carbocycles. The molecule has 2 saturated heterocycles. The minimum absolute atomic E-state index is 0. The number of carbonyl (C=O) groups is 1. The van der Waals surface area contributed by atoms with Crippen molar-refractivity contribution in [3.05, 3.63) is 11.1 Å². The van der Waals surface area contributed by atoms with Gasteiger partial charge in [-0.25, -0.2) is 0 Å². The van der Waals surface area contributed by atoms with E-state index in [1.807, 2.05) is 5.57 Å². The van der Waals surface area contributed by atoms with Gasteiger partial charge < -0.3 is 10.1 Å². The van der Waals surface area contributed by atoms with E-state index in [1.54, 1.807) is 5.57 Å². The molecule has 0 amide bonds. The number of ketones is 1. The van der Waals surface area contributed by atoms with Gasteiger partial charge >= 0.3 is 0 Å². The molecule has 0 unspecified atom stereocenters. The van der Waals surface area contributed by atoms with Gasteiger partial charge in [0.15, 0.2) is 0 Å². The summed E-state index contributed by atoms with van der Waals surface area (Å²) in [6.45, 7) is 11.0. The van der Waals surface area contributed by atoms with Crippen molar-refractivity contribution in [2.45, 2.75) is 117 Å². The zero-order valence-corrected chi connectivity index (χ0v) is 20.2. The maximum atomic E-state index is 12.2. The Balaban J connectivity index is 0.00000216. The number of rotatable bonds is 0. The molecule has 3 nitrogen and oxygen atoms in total. The van der Waals surface area contributed by atoms with E-state index in [0.717, 1.165) is 55.9 Å². The van der Waals surface area contributed by atoms with Crippen LogP contribution < -0.4 is 5.32 Å². The second-order valence-corrected chi connectivity index (χ2v) is 12.9. The van der Waals surface area contributed by atoms with Gasteiger partial charge in [0.2, 0.25) is 0 Å². The van der Waals surface area contributed by atoms with Crippen LogP contribution >= 0.6 is 0 Å². The fraction of sp³-hybridized carbons (Fsp3) is 0.897. The first kappa shape index (κ1) is 23.1. The lowest BCUT2D eigenvalue weighted by Gasteiger charge is -2.52. The first-order valence-corrected chi connectivity index (χ1v) is 13.4. The minimum Gasteiger partial charge on any atom is -0.369 e. The summed E-state index contributed by atoms with van der Waals surface area (Å²) < 4.78 is 7.01. The van der Waals surface area contributed by atoms with E-state index in [1.165, 1.54) is 38.5 Å². The highest BCUT2D eigenvalue weighted by Crippen LogP contribution is 2.65. The van der Waals surface area contributed by atoms with Crippen LogP contribution in [0.4, 0.5) is 0 Å². The van der Waals surface area contributed by atoms with E-state index in [9.17, 15) is 4.79 Å². The Labute approximate surface area is 196 Å². The molecular weight excluding hydrogens is 394 g/mol. The normalized spacial score (nSPS) is 52.6. The molecule has 6 rings (SSSR count). The number of hydrogen-bond acceptors (Lipinski definition) is 3. The largest absolute Gasteiger partial charge is 0.369 e. The van der Waals surface area contributed by atoms with Gasteiger partial charge in [-0.05, 0) is 99.8 Å². The average molecular weight is 442 g/mol. The van der Waals surface area contributed by atoms with Gasteiger partial charge in [-0.15, -0.1) is 0 Å². The van der Waals surface area contributed by atoms with Gasteiger partial charge in [0, 0.05) is 24.8 Å². The van der Waals surface area contributed by atoms with Crippen molar-refractivity contribution in [2.75, 3.05) is 6.54 Å². The Morgan fingerprint density at radius 1 is 1.09 bits per heavy atom. The molecule has 0 radical (unpaired) electrons. The summed E-state index contributed by atoms with van der Waals surface area (Å²) in [5, 5.41) is 3.85. The van der Waals surface area contributed by atoms with E-state index in [0.29, 0.717) is 35.2 Å². The molecule has 1 N–H and O–H groups in total. The number of fused-ring (bicyclic) bond motifs is 6. The number of piperidine rings is 1. The molecule has 2 aliphatic heterocycles. The Morgan fingerprint density at radius 2 is 1.91 bits per heavy atom. The van der Waals surface area contributed by atoms with Crippen LogP contribution in [-0.4, -0.2) is 30.1 Å². The summed E-state index contributed by atoms with van der Waals surface area (Å²) in [7, 11) is 0. The smallest absolute Gasteiger partial charge is 0.133 e. The number of nitrogens with one attached hydrogen (secondary N) is 1. The minimum atomic E-state index is 0. The van der Waals surface area contributed by atoms with Crippen LogP contribution in [0, 0.1) is 40.9 Å². The number of hydrogen-bond donors (Lipinski definition) is 1. The van der Waals surface area contributed by atoms with Gasteiger partial charge in [-0.2, -0.15) is 0 Å². The lowest BCUT2D eigenvalue weighted by molar-refractivity contribution is -0.129. The molecule has 4 aliphatic carbocycles. The SMILES string of the molecule is C.CC1=C2C[C@H]3[C@@H](CC[C@@H]4CC(=O)CC[C@@]43C)[C@@H]2CC[C@@]2(C1)O[C@@H]1C[C@H](C)CN[C@H]1[C@H]2C. The van der Waals surface area contributed by atoms with Crippen LogP contribution in [0.1, 0.15) is 99.3 Å². The molecule has 3 saturated carbocycles. The summed E-state index contributed by atoms with van der Waals surface area (Å²) in [4.78, 5) is 12.2. The van der Waals surface area contributed by atoms with E-state index in [2.05, 4.69) is 33.0 Å².